The summed E-state index contributed by atoms with van der Waals surface area (Å²) in [4.78, 5) is 0. The average Bonchev–Trinajstić information content (AvgIpc) is 2.79. The van der Waals surface area contributed by atoms with E-state index in [1.165, 1.54) is 11.1 Å². The number of aryl methyl sites for hydroxylation is 1. The molecular formula is C29H28O3. The summed E-state index contributed by atoms with van der Waals surface area (Å²) in [7, 11) is 0. The van der Waals surface area contributed by atoms with Gasteiger partial charge in [-0.15, -0.1) is 0 Å². The fourth-order valence-corrected chi connectivity index (χ4v) is 4.40. The van der Waals surface area contributed by atoms with E-state index in [0.717, 1.165) is 39.8 Å². The highest BCUT2D eigenvalue weighted by atomic mass is 16.3. The van der Waals surface area contributed by atoms with Crippen LogP contribution in [0.4, 0.5) is 0 Å². The monoisotopic (exact) mass is 424 g/mol. The smallest absolute Gasteiger partial charge is 0.115 e. The van der Waals surface area contributed by atoms with E-state index in [4.69, 9.17) is 0 Å². The molecule has 4 aromatic carbocycles. The van der Waals surface area contributed by atoms with Crippen molar-refractivity contribution in [3.63, 3.8) is 0 Å². The van der Waals surface area contributed by atoms with Gasteiger partial charge in [0, 0.05) is 0 Å². The molecule has 0 aliphatic heterocycles. The molecule has 32 heavy (non-hydrogen) atoms. The van der Waals surface area contributed by atoms with Crippen LogP contribution in [0.15, 0.2) is 78.9 Å². The van der Waals surface area contributed by atoms with Crippen LogP contribution in [-0.2, 0) is 6.42 Å². The van der Waals surface area contributed by atoms with Gasteiger partial charge >= 0.3 is 0 Å². The molecule has 162 valence electrons. The van der Waals surface area contributed by atoms with Gasteiger partial charge in [-0.2, -0.15) is 0 Å². The van der Waals surface area contributed by atoms with E-state index in [0.29, 0.717) is 0 Å². The molecule has 3 nitrogen and oxygen atoms in total. The number of phenolic OH excluding ortho intramolecular Hbond substituents is 3. The van der Waals surface area contributed by atoms with Gasteiger partial charge in [-0.1, -0.05) is 63.2 Å². The van der Waals surface area contributed by atoms with Crippen LogP contribution in [0.1, 0.15) is 37.8 Å². The molecule has 0 fully saturated rings. The van der Waals surface area contributed by atoms with Gasteiger partial charge < -0.3 is 15.3 Å². The highest BCUT2D eigenvalue weighted by Gasteiger charge is 2.23. The van der Waals surface area contributed by atoms with Gasteiger partial charge in [0.2, 0.25) is 0 Å². The summed E-state index contributed by atoms with van der Waals surface area (Å²) in [5, 5.41) is 29.6. The Balaban J connectivity index is 2.13. The summed E-state index contributed by atoms with van der Waals surface area (Å²) in [5.74, 6) is 0.943. The summed E-state index contributed by atoms with van der Waals surface area (Å²) in [6, 6.07) is 24.3. The second-order valence-electron chi connectivity index (χ2n) is 8.40. The fourth-order valence-electron chi connectivity index (χ4n) is 4.40. The Labute approximate surface area is 189 Å². The van der Waals surface area contributed by atoms with E-state index in [-0.39, 0.29) is 23.2 Å². The lowest BCUT2D eigenvalue weighted by Crippen LogP contribution is -2.03. The predicted molar refractivity (Wildman–Crippen MR) is 131 cm³/mol. The van der Waals surface area contributed by atoms with Crippen molar-refractivity contribution in [2.45, 2.75) is 33.1 Å². The number of aromatic hydroxyl groups is 3. The van der Waals surface area contributed by atoms with Crippen LogP contribution in [0.25, 0.3) is 33.4 Å². The number of rotatable bonds is 5. The van der Waals surface area contributed by atoms with Gasteiger partial charge in [-0.25, -0.2) is 0 Å². The summed E-state index contributed by atoms with van der Waals surface area (Å²) >= 11 is 0. The van der Waals surface area contributed by atoms with Crippen LogP contribution >= 0.6 is 0 Å². The van der Waals surface area contributed by atoms with Crippen molar-refractivity contribution in [2.75, 3.05) is 0 Å². The molecule has 0 aliphatic rings. The van der Waals surface area contributed by atoms with E-state index in [1.807, 2.05) is 36.4 Å². The number of hydrogen-bond donors (Lipinski definition) is 3. The Bertz CT molecular complexity index is 1220. The molecule has 0 unspecified atom stereocenters. The van der Waals surface area contributed by atoms with Crippen molar-refractivity contribution in [3.05, 3.63) is 90.0 Å². The largest absolute Gasteiger partial charge is 0.508 e. The molecular weight excluding hydrogens is 396 g/mol. The first-order valence-corrected chi connectivity index (χ1v) is 11.0. The lowest BCUT2D eigenvalue weighted by atomic mass is 9.78. The Kier molecular flexibility index (Phi) is 5.91. The van der Waals surface area contributed by atoms with Crippen LogP contribution in [0.5, 0.6) is 17.2 Å². The molecule has 4 rings (SSSR count). The predicted octanol–water partition coefficient (Wildman–Crippen LogP) is 7.49. The van der Waals surface area contributed by atoms with Gasteiger partial charge in [0.15, 0.2) is 0 Å². The van der Waals surface area contributed by atoms with Gasteiger partial charge in [-0.05, 0) is 93.2 Å². The summed E-state index contributed by atoms with van der Waals surface area (Å²) in [6.45, 7) is 6.53. The first-order chi connectivity index (χ1) is 15.4. The Morgan fingerprint density at radius 1 is 0.594 bits per heavy atom. The standard InChI is InChI=1S/C29H28O3/c1-4-19-17-26(20-5-11-23(30)12-6-20)27(18(2)3)29(22-9-15-25(32)16-10-22)28(19)21-7-13-24(31)14-8-21/h5-18,30-32H,4H2,1-3H3. The maximum Gasteiger partial charge on any atom is 0.115 e. The maximum absolute atomic E-state index is 9.91. The summed E-state index contributed by atoms with van der Waals surface area (Å²) < 4.78 is 0. The van der Waals surface area contributed by atoms with Crippen LogP contribution < -0.4 is 0 Å². The van der Waals surface area contributed by atoms with Crippen molar-refractivity contribution in [1.82, 2.24) is 0 Å². The number of phenols is 3. The van der Waals surface area contributed by atoms with Crippen molar-refractivity contribution in [3.8, 4) is 50.6 Å². The zero-order valence-corrected chi connectivity index (χ0v) is 18.6. The van der Waals surface area contributed by atoms with Crippen molar-refractivity contribution in [1.29, 1.82) is 0 Å². The van der Waals surface area contributed by atoms with E-state index in [1.54, 1.807) is 36.4 Å². The summed E-state index contributed by atoms with van der Waals surface area (Å²) in [6.07, 6.45) is 0.838. The molecule has 0 spiro atoms. The highest BCUT2D eigenvalue weighted by molar-refractivity contribution is 5.93. The average molecular weight is 425 g/mol. The van der Waals surface area contributed by atoms with Gasteiger partial charge in [0.05, 0.1) is 0 Å². The molecule has 3 N–H and O–H groups in total. The van der Waals surface area contributed by atoms with Gasteiger partial charge in [0.25, 0.3) is 0 Å². The topological polar surface area (TPSA) is 60.7 Å². The SMILES string of the molecule is CCc1cc(-c2ccc(O)cc2)c(C(C)C)c(-c2ccc(O)cc2)c1-c1ccc(O)cc1. The molecule has 0 heterocycles. The minimum atomic E-state index is 0.226. The van der Waals surface area contributed by atoms with E-state index in [2.05, 4.69) is 26.8 Å². The normalized spacial score (nSPS) is 11.1. The van der Waals surface area contributed by atoms with E-state index >= 15 is 0 Å². The second kappa shape index (κ2) is 8.80. The molecule has 0 radical (unpaired) electrons. The first kappa shape index (κ1) is 21.5. The molecule has 0 saturated heterocycles. The molecule has 4 aromatic rings. The first-order valence-electron chi connectivity index (χ1n) is 11.0. The van der Waals surface area contributed by atoms with Crippen LogP contribution in [-0.4, -0.2) is 15.3 Å². The van der Waals surface area contributed by atoms with Crippen LogP contribution in [0.3, 0.4) is 0 Å². The van der Waals surface area contributed by atoms with Gasteiger partial charge in [-0.3, -0.25) is 0 Å². The lowest BCUT2D eigenvalue weighted by Gasteiger charge is -2.25. The molecule has 0 amide bonds. The van der Waals surface area contributed by atoms with Crippen molar-refractivity contribution < 1.29 is 15.3 Å². The second-order valence-corrected chi connectivity index (χ2v) is 8.40. The zero-order chi connectivity index (χ0) is 22.8. The fraction of sp³-hybridized carbons (Fsp3) is 0.172. The Morgan fingerprint density at radius 2 is 1.00 bits per heavy atom. The Morgan fingerprint density at radius 3 is 1.41 bits per heavy atom. The minimum Gasteiger partial charge on any atom is -0.508 e. The molecule has 3 heteroatoms. The van der Waals surface area contributed by atoms with Crippen molar-refractivity contribution in [2.24, 2.45) is 0 Å². The van der Waals surface area contributed by atoms with Crippen LogP contribution in [0, 0.1) is 0 Å². The third-order valence-electron chi connectivity index (χ3n) is 5.90. The zero-order valence-electron chi connectivity index (χ0n) is 18.6. The number of benzene rings is 4. The third-order valence-corrected chi connectivity index (χ3v) is 5.90. The molecule has 0 aliphatic carbocycles. The molecule has 0 bridgehead atoms. The highest BCUT2D eigenvalue weighted by Crippen LogP contribution is 2.46. The van der Waals surface area contributed by atoms with E-state index in [9.17, 15) is 15.3 Å². The van der Waals surface area contributed by atoms with E-state index < -0.39 is 0 Å². The minimum absolute atomic E-state index is 0.226. The quantitative estimate of drug-likeness (QED) is 0.311. The van der Waals surface area contributed by atoms with Crippen molar-refractivity contribution >= 4 is 0 Å². The maximum atomic E-state index is 9.91. The molecule has 0 atom stereocenters. The molecule has 0 saturated carbocycles. The third kappa shape index (κ3) is 4.06. The van der Waals surface area contributed by atoms with Gasteiger partial charge in [0.1, 0.15) is 17.2 Å². The molecule has 0 aromatic heterocycles. The Hall–Kier alpha value is -3.72. The lowest BCUT2D eigenvalue weighted by molar-refractivity contribution is 0.475. The number of hydrogen-bond acceptors (Lipinski definition) is 3. The summed E-state index contributed by atoms with van der Waals surface area (Å²) in [5.41, 5.74) is 8.96. The van der Waals surface area contributed by atoms with Crippen LogP contribution in [0.2, 0.25) is 0 Å².